The Hall–Kier alpha value is -2.83. The smallest absolute Gasteiger partial charge is 0.133 e. The Balaban J connectivity index is 1.87. The van der Waals surface area contributed by atoms with Crippen LogP contribution in [-0.4, -0.2) is 38.3 Å². The molecule has 0 saturated heterocycles. The van der Waals surface area contributed by atoms with E-state index in [0.717, 1.165) is 83.7 Å². The third kappa shape index (κ3) is 5.16. The molecule has 0 bridgehead atoms. The Kier molecular flexibility index (Phi) is 7.27. The number of aryl methyl sites for hydroxylation is 1. The molecule has 0 aliphatic rings. The van der Waals surface area contributed by atoms with Crippen molar-refractivity contribution in [1.82, 2.24) is 10.3 Å². The van der Waals surface area contributed by atoms with Gasteiger partial charge in [-0.3, -0.25) is 0 Å². The first-order chi connectivity index (χ1) is 14.1. The van der Waals surface area contributed by atoms with Gasteiger partial charge >= 0.3 is 0 Å². The molecular formula is C23H31N5O. The molecule has 0 aliphatic heterocycles. The third-order valence-electron chi connectivity index (χ3n) is 4.93. The van der Waals surface area contributed by atoms with E-state index in [0.29, 0.717) is 0 Å². The van der Waals surface area contributed by atoms with Gasteiger partial charge in [0.15, 0.2) is 0 Å². The molecule has 3 rings (SSSR count). The molecule has 1 heterocycles. The van der Waals surface area contributed by atoms with Gasteiger partial charge < -0.3 is 26.8 Å². The maximum Gasteiger partial charge on any atom is 0.133 e. The SMILES string of the molecule is COc1ccc2c(-c3cc(C)cnc3NCCCNCCCN)c(N)ccc2c1. The van der Waals surface area contributed by atoms with Crippen LogP contribution >= 0.6 is 0 Å². The molecule has 0 saturated carbocycles. The Bertz CT molecular complexity index is 957. The van der Waals surface area contributed by atoms with Crippen LogP contribution < -0.4 is 26.8 Å². The summed E-state index contributed by atoms with van der Waals surface area (Å²) in [5, 5.41) is 9.06. The van der Waals surface area contributed by atoms with Gasteiger partial charge in [-0.2, -0.15) is 0 Å². The maximum absolute atomic E-state index is 6.42. The predicted molar refractivity (Wildman–Crippen MR) is 123 cm³/mol. The van der Waals surface area contributed by atoms with Crippen LogP contribution in [0.15, 0.2) is 42.6 Å². The van der Waals surface area contributed by atoms with Crippen LogP contribution in [0.4, 0.5) is 11.5 Å². The Morgan fingerprint density at radius 1 is 1.03 bits per heavy atom. The first kappa shape index (κ1) is 20.9. The van der Waals surface area contributed by atoms with E-state index in [9.17, 15) is 0 Å². The van der Waals surface area contributed by atoms with Gasteiger partial charge in [0.05, 0.1) is 7.11 Å². The van der Waals surface area contributed by atoms with Crippen molar-refractivity contribution in [2.45, 2.75) is 19.8 Å². The van der Waals surface area contributed by atoms with Crippen molar-refractivity contribution in [3.8, 4) is 16.9 Å². The van der Waals surface area contributed by atoms with E-state index in [1.807, 2.05) is 37.4 Å². The number of nitrogens with two attached hydrogens (primary N) is 2. The highest BCUT2D eigenvalue weighted by Crippen LogP contribution is 2.38. The second kappa shape index (κ2) is 10.1. The molecule has 0 spiro atoms. The Labute approximate surface area is 172 Å². The first-order valence-corrected chi connectivity index (χ1v) is 10.1. The molecule has 6 heteroatoms. The van der Waals surface area contributed by atoms with Crippen molar-refractivity contribution < 1.29 is 4.74 Å². The lowest BCUT2D eigenvalue weighted by molar-refractivity contribution is 0.415. The summed E-state index contributed by atoms with van der Waals surface area (Å²) in [5.41, 5.74) is 15.8. The summed E-state index contributed by atoms with van der Waals surface area (Å²) >= 11 is 0. The van der Waals surface area contributed by atoms with Gasteiger partial charge in [0.2, 0.25) is 0 Å². The minimum absolute atomic E-state index is 0.722. The number of nitrogen functional groups attached to an aromatic ring is 1. The lowest BCUT2D eigenvalue weighted by Gasteiger charge is -2.16. The summed E-state index contributed by atoms with van der Waals surface area (Å²) < 4.78 is 5.37. The Morgan fingerprint density at radius 2 is 1.86 bits per heavy atom. The number of benzene rings is 2. The number of hydrogen-bond donors (Lipinski definition) is 4. The van der Waals surface area contributed by atoms with Crippen LogP contribution in [0.2, 0.25) is 0 Å². The standard InChI is InChI=1S/C23H31N5O/c1-16-13-20(23(28-15-16)27-12-4-11-26-10-3-9-24)22-19-7-6-18(29-2)14-17(19)5-8-21(22)25/h5-8,13-15,26H,3-4,9-12,24-25H2,1-2H3,(H,27,28). The molecule has 1 aromatic heterocycles. The topological polar surface area (TPSA) is 98.2 Å². The van der Waals surface area contributed by atoms with Crippen LogP contribution in [-0.2, 0) is 0 Å². The van der Waals surface area contributed by atoms with Gasteiger partial charge in [-0.05, 0) is 86.1 Å². The molecule has 154 valence electrons. The summed E-state index contributed by atoms with van der Waals surface area (Å²) in [4.78, 5) is 4.66. The Morgan fingerprint density at radius 3 is 2.66 bits per heavy atom. The van der Waals surface area contributed by atoms with Crippen molar-refractivity contribution in [1.29, 1.82) is 0 Å². The van der Waals surface area contributed by atoms with Crippen LogP contribution in [0.1, 0.15) is 18.4 Å². The van der Waals surface area contributed by atoms with Crippen LogP contribution in [0.25, 0.3) is 21.9 Å². The molecule has 3 aromatic rings. The molecule has 6 nitrogen and oxygen atoms in total. The average Bonchev–Trinajstić information content (AvgIpc) is 2.73. The largest absolute Gasteiger partial charge is 0.497 e. The van der Waals surface area contributed by atoms with Crippen molar-refractivity contribution in [3.63, 3.8) is 0 Å². The molecule has 6 N–H and O–H groups in total. The van der Waals surface area contributed by atoms with Gasteiger partial charge in [0.1, 0.15) is 11.6 Å². The van der Waals surface area contributed by atoms with E-state index in [1.165, 1.54) is 0 Å². The highest BCUT2D eigenvalue weighted by Gasteiger charge is 2.14. The highest BCUT2D eigenvalue weighted by molar-refractivity contribution is 6.04. The number of anilines is 2. The van der Waals surface area contributed by atoms with Gasteiger partial charge in [0.25, 0.3) is 0 Å². The molecule has 2 aromatic carbocycles. The van der Waals surface area contributed by atoms with Crippen LogP contribution in [0, 0.1) is 6.92 Å². The average molecular weight is 394 g/mol. The summed E-state index contributed by atoms with van der Waals surface area (Å²) in [6, 6.07) is 12.2. The number of methoxy groups -OCH3 is 1. The monoisotopic (exact) mass is 393 g/mol. The van der Waals surface area contributed by atoms with E-state index in [2.05, 4.69) is 27.8 Å². The van der Waals surface area contributed by atoms with Gasteiger partial charge in [-0.25, -0.2) is 4.98 Å². The first-order valence-electron chi connectivity index (χ1n) is 10.1. The molecule has 0 unspecified atom stereocenters. The molecule has 0 atom stereocenters. The zero-order valence-corrected chi connectivity index (χ0v) is 17.3. The second-order valence-corrected chi connectivity index (χ2v) is 7.20. The summed E-state index contributed by atoms with van der Waals surface area (Å²) in [6.07, 6.45) is 3.89. The number of fused-ring (bicyclic) bond motifs is 1. The molecule has 0 fully saturated rings. The highest BCUT2D eigenvalue weighted by atomic mass is 16.5. The van der Waals surface area contributed by atoms with Crippen molar-refractivity contribution in [3.05, 3.63) is 48.2 Å². The fourth-order valence-electron chi connectivity index (χ4n) is 3.43. The van der Waals surface area contributed by atoms with Crippen molar-refractivity contribution in [2.24, 2.45) is 5.73 Å². The zero-order chi connectivity index (χ0) is 20.6. The summed E-state index contributed by atoms with van der Waals surface area (Å²) in [7, 11) is 1.68. The van der Waals surface area contributed by atoms with E-state index in [1.54, 1.807) is 7.11 Å². The van der Waals surface area contributed by atoms with Crippen molar-refractivity contribution in [2.75, 3.05) is 44.3 Å². The summed E-state index contributed by atoms with van der Waals surface area (Å²) in [6.45, 7) is 5.51. The zero-order valence-electron chi connectivity index (χ0n) is 17.3. The van der Waals surface area contributed by atoms with E-state index < -0.39 is 0 Å². The van der Waals surface area contributed by atoms with E-state index in [-0.39, 0.29) is 0 Å². The number of rotatable bonds is 10. The minimum Gasteiger partial charge on any atom is -0.497 e. The molecule has 0 amide bonds. The predicted octanol–water partition coefficient (Wildman–Crippen LogP) is 3.54. The van der Waals surface area contributed by atoms with Crippen molar-refractivity contribution >= 4 is 22.3 Å². The summed E-state index contributed by atoms with van der Waals surface area (Å²) in [5.74, 6) is 1.68. The lowest BCUT2D eigenvalue weighted by atomic mass is 9.95. The van der Waals surface area contributed by atoms with Gasteiger partial charge in [-0.1, -0.05) is 6.07 Å². The minimum atomic E-state index is 0.722. The quantitative estimate of drug-likeness (QED) is 0.311. The van der Waals surface area contributed by atoms with E-state index >= 15 is 0 Å². The van der Waals surface area contributed by atoms with Gasteiger partial charge in [-0.15, -0.1) is 0 Å². The van der Waals surface area contributed by atoms with Gasteiger partial charge in [0, 0.05) is 29.6 Å². The normalized spacial score (nSPS) is 11.0. The lowest BCUT2D eigenvalue weighted by Crippen LogP contribution is -2.21. The fraction of sp³-hybridized carbons (Fsp3) is 0.348. The number of hydrogen-bond acceptors (Lipinski definition) is 6. The number of nitrogens with one attached hydrogen (secondary N) is 2. The fourth-order valence-corrected chi connectivity index (χ4v) is 3.43. The third-order valence-corrected chi connectivity index (χ3v) is 4.93. The molecule has 29 heavy (non-hydrogen) atoms. The maximum atomic E-state index is 6.42. The molecule has 0 aliphatic carbocycles. The molecular weight excluding hydrogens is 362 g/mol. The number of pyridine rings is 1. The van der Waals surface area contributed by atoms with Crippen LogP contribution in [0.5, 0.6) is 5.75 Å². The van der Waals surface area contributed by atoms with Crippen LogP contribution in [0.3, 0.4) is 0 Å². The number of ether oxygens (including phenoxy) is 1. The van der Waals surface area contributed by atoms with E-state index in [4.69, 9.17) is 16.2 Å². The number of nitrogens with zero attached hydrogens (tertiary/aromatic N) is 1. The second-order valence-electron chi connectivity index (χ2n) is 7.20. The molecule has 0 radical (unpaired) electrons. The number of aromatic nitrogens is 1.